The van der Waals surface area contributed by atoms with Gasteiger partial charge in [-0.25, -0.2) is 4.98 Å². The maximum Gasteiger partial charge on any atom is 0.293 e. The van der Waals surface area contributed by atoms with Crippen LogP contribution in [0.4, 0.5) is 5.82 Å². The third-order valence-electron chi connectivity index (χ3n) is 3.66. The van der Waals surface area contributed by atoms with Crippen LogP contribution in [0.25, 0.3) is 0 Å². The van der Waals surface area contributed by atoms with Crippen molar-refractivity contribution < 1.29 is 0 Å². The number of aromatic nitrogens is 4. The van der Waals surface area contributed by atoms with Crippen molar-refractivity contribution in [3.05, 3.63) is 40.2 Å². The molecule has 6 nitrogen and oxygen atoms in total. The number of nitrogens with zero attached hydrogens (tertiary/aromatic N) is 3. The van der Waals surface area contributed by atoms with Gasteiger partial charge in [-0.05, 0) is 38.2 Å². The van der Waals surface area contributed by atoms with Crippen molar-refractivity contribution in [2.45, 2.75) is 38.6 Å². The molecule has 0 unspecified atom stereocenters. The molecule has 1 aliphatic carbocycles. The zero-order valence-electron chi connectivity index (χ0n) is 11.6. The highest BCUT2D eigenvalue weighted by atomic mass is 16.1. The third kappa shape index (κ3) is 2.74. The van der Waals surface area contributed by atoms with E-state index in [9.17, 15) is 4.79 Å². The van der Waals surface area contributed by atoms with Crippen molar-refractivity contribution in [3.8, 4) is 0 Å². The van der Waals surface area contributed by atoms with Crippen LogP contribution in [0.5, 0.6) is 0 Å². The Bertz CT molecular complexity index is 641. The molecule has 6 heteroatoms. The maximum atomic E-state index is 12.2. The Labute approximate surface area is 117 Å². The zero-order chi connectivity index (χ0) is 13.9. The third-order valence-corrected chi connectivity index (χ3v) is 3.66. The van der Waals surface area contributed by atoms with Crippen molar-refractivity contribution in [1.82, 2.24) is 19.7 Å². The number of anilines is 1. The van der Waals surface area contributed by atoms with E-state index in [-0.39, 0.29) is 5.56 Å². The minimum absolute atomic E-state index is 0.00510. The van der Waals surface area contributed by atoms with E-state index in [1.165, 1.54) is 5.56 Å². The molecule has 0 aromatic carbocycles. The Morgan fingerprint density at radius 2 is 2.35 bits per heavy atom. The first-order valence-electron chi connectivity index (χ1n) is 7.05. The minimum atomic E-state index is -0.00510. The van der Waals surface area contributed by atoms with E-state index in [0.29, 0.717) is 11.9 Å². The standard InChI is InChI=1S/C14H19N5O/c1-10-11(9-17-18-10)3-2-6-15-13-14(20)19(8-7-16-13)12-4-5-12/h7-9,12H,2-6H2,1H3,(H,15,16)(H,17,18). The maximum absolute atomic E-state index is 12.2. The highest BCUT2D eigenvalue weighted by molar-refractivity contribution is 5.31. The Balaban J connectivity index is 1.55. The van der Waals surface area contributed by atoms with Crippen LogP contribution >= 0.6 is 0 Å². The van der Waals surface area contributed by atoms with Gasteiger partial charge in [0.1, 0.15) is 0 Å². The van der Waals surface area contributed by atoms with Gasteiger partial charge in [0.25, 0.3) is 5.56 Å². The summed E-state index contributed by atoms with van der Waals surface area (Å²) in [5.74, 6) is 0.461. The van der Waals surface area contributed by atoms with Gasteiger partial charge >= 0.3 is 0 Å². The van der Waals surface area contributed by atoms with E-state index in [4.69, 9.17) is 0 Å². The van der Waals surface area contributed by atoms with Gasteiger partial charge in [0.05, 0.1) is 6.20 Å². The van der Waals surface area contributed by atoms with E-state index in [0.717, 1.165) is 37.9 Å². The number of aryl methyl sites for hydroxylation is 2. The summed E-state index contributed by atoms with van der Waals surface area (Å²) in [7, 11) is 0. The predicted molar refractivity (Wildman–Crippen MR) is 76.9 cm³/mol. The molecule has 0 amide bonds. The number of nitrogens with one attached hydrogen (secondary N) is 2. The molecule has 2 aromatic rings. The number of rotatable bonds is 6. The van der Waals surface area contributed by atoms with Crippen LogP contribution in [0, 0.1) is 6.92 Å². The van der Waals surface area contributed by atoms with Gasteiger partial charge in [-0.3, -0.25) is 9.89 Å². The molecule has 2 aromatic heterocycles. The molecule has 3 rings (SSSR count). The second-order valence-corrected chi connectivity index (χ2v) is 5.27. The van der Waals surface area contributed by atoms with Crippen LogP contribution in [0.15, 0.2) is 23.4 Å². The second-order valence-electron chi connectivity index (χ2n) is 5.27. The SMILES string of the molecule is Cc1[nH]ncc1CCCNc1nccn(C2CC2)c1=O. The molecule has 0 aliphatic heterocycles. The first-order valence-corrected chi connectivity index (χ1v) is 7.05. The molecule has 0 spiro atoms. The van der Waals surface area contributed by atoms with Gasteiger partial charge in [-0.1, -0.05) is 0 Å². The first kappa shape index (κ1) is 12.9. The Morgan fingerprint density at radius 1 is 1.50 bits per heavy atom. The summed E-state index contributed by atoms with van der Waals surface area (Å²) in [4.78, 5) is 16.3. The zero-order valence-corrected chi connectivity index (χ0v) is 11.6. The fraction of sp³-hybridized carbons (Fsp3) is 0.500. The van der Waals surface area contributed by atoms with E-state index in [2.05, 4.69) is 20.5 Å². The molecule has 106 valence electrons. The van der Waals surface area contributed by atoms with Crippen LogP contribution < -0.4 is 10.9 Å². The van der Waals surface area contributed by atoms with Crippen LogP contribution in [0.1, 0.15) is 36.6 Å². The van der Waals surface area contributed by atoms with Crippen molar-refractivity contribution in [1.29, 1.82) is 0 Å². The minimum Gasteiger partial charge on any atom is -0.365 e. The summed E-state index contributed by atoms with van der Waals surface area (Å²) in [6.45, 7) is 2.75. The Kier molecular flexibility index (Phi) is 3.54. The van der Waals surface area contributed by atoms with Crippen molar-refractivity contribution in [3.63, 3.8) is 0 Å². The van der Waals surface area contributed by atoms with Crippen LogP contribution in [-0.2, 0) is 6.42 Å². The van der Waals surface area contributed by atoms with E-state index >= 15 is 0 Å². The summed E-state index contributed by atoms with van der Waals surface area (Å²) in [5.41, 5.74) is 2.33. The molecule has 20 heavy (non-hydrogen) atoms. The highest BCUT2D eigenvalue weighted by Crippen LogP contribution is 2.33. The molecule has 2 heterocycles. The molecule has 0 radical (unpaired) electrons. The number of hydrogen-bond acceptors (Lipinski definition) is 4. The number of aromatic amines is 1. The second kappa shape index (κ2) is 5.48. The van der Waals surface area contributed by atoms with E-state index in [1.54, 1.807) is 17.0 Å². The van der Waals surface area contributed by atoms with Crippen molar-refractivity contribution in [2.24, 2.45) is 0 Å². The molecule has 0 saturated heterocycles. The summed E-state index contributed by atoms with van der Waals surface area (Å²) in [6.07, 6.45) is 9.42. The van der Waals surface area contributed by atoms with Gasteiger partial charge in [0, 0.05) is 30.7 Å². The smallest absolute Gasteiger partial charge is 0.293 e. The summed E-state index contributed by atoms with van der Waals surface area (Å²) in [6, 6.07) is 0.389. The van der Waals surface area contributed by atoms with Gasteiger partial charge in [0.2, 0.25) is 0 Å². The summed E-state index contributed by atoms with van der Waals surface area (Å²) < 4.78 is 1.79. The summed E-state index contributed by atoms with van der Waals surface area (Å²) >= 11 is 0. The fourth-order valence-electron chi connectivity index (χ4n) is 2.30. The van der Waals surface area contributed by atoms with Gasteiger partial charge in [-0.2, -0.15) is 5.10 Å². The molecule has 0 bridgehead atoms. The molecule has 1 fully saturated rings. The Hall–Kier alpha value is -2.11. The Morgan fingerprint density at radius 3 is 3.05 bits per heavy atom. The fourth-order valence-corrected chi connectivity index (χ4v) is 2.30. The molecule has 2 N–H and O–H groups in total. The monoisotopic (exact) mass is 273 g/mol. The predicted octanol–water partition coefficient (Wildman–Crippen LogP) is 1.65. The molecular formula is C14H19N5O. The average molecular weight is 273 g/mol. The largest absolute Gasteiger partial charge is 0.365 e. The lowest BCUT2D eigenvalue weighted by Crippen LogP contribution is -2.24. The quantitative estimate of drug-likeness (QED) is 0.785. The normalized spacial score (nSPS) is 14.4. The molecule has 1 aliphatic rings. The molecule has 0 atom stereocenters. The first-order chi connectivity index (χ1) is 9.75. The molecule has 1 saturated carbocycles. The van der Waals surface area contributed by atoms with Gasteiger partial charge < -0.3 is 9.88 Å². The molecular weight excluding hydrogens is 254 g/mol. The highest BCUT2D eigenvalue weighted by Gasteiger charge is 2.25. The van der Waals surface area contributed by atoms with E-state index in [1.807, 2.05) is 13.1 Å². The lowest BCUT2D eigenvalue weighted by molar-refractivity contribution is 0.698. The average Bonchev–Trinajstić information content (AvgIpc) is 3.20. The number of H-pyrrole nitrogens is 1. The van der Waals surface area contributed by atoms with Crippen molar-refractivity contribution >= 4 is 5.82 Å². The topological polar surface area (TPSA) is 75.6 Å². The lowest BCUT2D eigenvalue weighted by atomic mass is 10.1. The lowest BCUT2D eigenvalue weighted by Gasteiger charge is -2.07. The van der Waals surface area contributed by atoms with Gasteiger partial charge in [-0.15, -0.1) is 0 Å². The van der Waals surface area contributed by atoms with Crippen LogP contribution in [0.3, 0.4) is 0 Å². The van der Waals surface area contributed by atoms with Crippen molar-refractivity contribution in [2.75, 3.05) is 11.9 Å². The number of hydrogen-bond donors (Lipinski definition) is 2. The van der Waals surface area contributed by atoms with Gasteiger partial charge in [0.15, 0.2) is 5.82 Å². The van der Waals surface area contributed by atoms with Crippen LogP contribution in [0.2, 0.25) is 0 Å². The van der Waals surface area contributed by atoms with Crippen LogP contribution in [-0.4, -0.2) is 26.3 Å². The summed E-state index contributed by atoms with van der Waals surface area (Å²) in [5, 5.41) is 10.1. The van der Waals surface area contributed by atoms with E-state index < -0.39 is 0 Å².